The van der Waals surface area contributed by atoms with Gasteiger partial charge in [-0.05, 0) is 55.9 Å². The van der Waals surface area contributed by atoms with Crippen molar-refractivity contribution in [2.24, 2.45) is 5.92 Å². The molecule has 1 amide bonds. The van der Waals surface area contributed by atoms with E-state index < -0.39 is 0 Å². The van der Waals surface area contributed by atoms with E-state index >= 15 is 0 Å². The van der Waals surface area contributed by atoms with Crippen LogP contribution in [-0.2, 0) is 16.1 Å². The zero-order chi connectivity index (χ0) is 18.7. The smallest absolute Gasteiger partial charge is 0.257 e. The lowest BCUT2D eigenvalue weighted by atomic mass is 9.79. The molecule has 6 nitrogen and oxygen atoms in total. The van der Waals surface area contributed by atoms with E-state index in [1.54, 1.807) is 24.7 Å². The van der Waals surface area contributed by atoms with E-state index in [2.05, 4.69) is 4.98 Å². The Balaban J connectivity index is 1.22. The lowest BCUT2D eigenvalue weighted by molar-refractivity contribution is -0.167. The second-order valence-corrected chi connectivity index (χ2v) is 7.64. The van der Waals surface area contributed by atoms with E-state index in [4.69, 9.17) is 13.9 Å². The largest absolute Gasteiger partial charge is 0.469 e. The van der Waals surface area contributed by atoms with Crippen molar-refractivity contribution < 1.29 is 18.7 Å². The van der Waals surface area contributed by atoms with E-state index in [0.29, 0.717) is 36.9 Å². The summed E-state index contributed by atoms with van der Waals surface area (Å²) in [5, 5.41) is 0. The minimum Gasteiger partial charge on any atom is -0.469 e. The van der Waals surface area contributed by atoms with Crippen molar-refractivity contribution in [2.75, 3.05) is 26.3 Å². The number of pyridine rings is 1. The summed E-state index contributed by atoms with van der Waals surface area (Å²) in [6, 6.07) is 5.70. The third-order valence-corrected chi connectivity index (χ3v) is 5.62. The van der Waals surface area contributed by atoms with Gasteiger partial charge >= 0.3 is 0 Å². The fraction of sp³-hybridized carbons (Fsp3) is 0.524. The van der Waals surface area contributed by atoms with Crippen molar-refractivity contribution in [2.45, 2.75) is 38.4 Å². The van der Waals surface area contributed by atoms with Crippen molar-refractivity contribution >= 4 is 5.91 Å². The minimum atomic E-state index is -0.165. The molecule has 6 heteroatoms. The number of nitrogens with zero attached hydrogens (tertiary/aromatic N) is 2. The highest BCUT2D eigenvalue weighted by atomic mass is 16.5. The average molecular weight is 370 g/mol. The normalized spacial score (nSPS) is 21.2. The molecule has 4 rings (SSSR count). The standard InChI is InChI=1S/C21H26N2O4/c1-16-19(6-10-26-16)20(24)23-14-21(15-23)12-17(5-11-27-21)4-9-25-13-18-2-7-22-8-3-18/h2-3,6-8,10,17H,4-5,9,11-15H2,1H3/t17-/m1/s1. The van der Waals surface area contributed by atoms with Gasteiger partial charge in [-0.2, -0.15) is 0 Å². The predicted molar refractivity (Wildman–Crippen MR) is 99.3 cm³/mol. The van der Waals surface area contributed by atoms with Gasteiger partial charge in [0.15, 0.2) is 0 Å². The number of amides is 1. The summed E-state index contributed by atoms with van der Waals surface area (Å²) in [6.07, 6.45) is 8.24. The molecule has 2 aliphatic rings. The molecule has 1 atom stereocenters. The first-order chi connectivity index (χ1) is 13.2. The molecule has 2 aliphatic heterocycles. The summed E-state index contributed by atoms with van der Waals surface area (Å²) < 4.78 is 17.1. The van der Waals surface area contributed by atoms with Crippen molar-refractivity contribution in [1.82, 2.24) is 9.88 Å². The molecule has 27 heavy (non-hydrogen) atoms. The van der Waals surface area contributed by atoms with Gasteiger partial charge in [0.2, 0.25) is 0 Å². The van der Waals surface area contributed by atoms with E-state index in [9.17, 15) is 4.79 Å². The summed E-state index contributed by atoms with van der Waals surface area (Å²) in [5.74, 6) is 1.30. The highest BCUT2D eigenvalue weighted by Crippen LogP contribution is 2.38. The van der Waals surface area contributed by atoms with Gasteiger partial charge in [0.05, 0.1) is 31.5 Å². The SMILES string of the molecule is Cc1occc1C(=O)N1CC2(C[C@H](CCOCc3ccncc3)CCO2)C1. The zero-order valence-electron chi connectivity index (χ0n) is 15.7. The van der Waals surface area contributed by atoms with Crippen LogP contribution in [0.5, 0.6) is 0 Å². The maximum absolute atomic E-state index is 12.5. The molecule has 2 fully saturated rings. The number of furan rings is 1. The van der Waals surface area contributed by atoms with Crippen LogP contribution in [0.3, 0.4) is 0 Å². The average Bonchev–Trinajstić information content (AvgIpc) is 3.10. The van der Waals surface area contributed by atoms with Gasteiger partial charge in [0.1, 0.15) is 11.4 Å². The van der Waals surface area contributed by atoms with Crippen LogP contribution >= 0.6 is 0 Å². The van der Waals surface area contributed by atoms with Crippen LogP contribution in [0.2, 0.25) is 0 Å². The van der Waals surface area contributed by atoms with Gasteiger partial charge in [-0.15, -0.1) is 0 Å². The van der Waals surface area contributed by atoms with Gasteiger partial charge in [0, 0.05) is 25.6 Å². The number of carbonyl (C=O) groups excluding carboxylic acids is 1. The molecule has 0 bridgehead atoms. The molecule has 144 valence electrons. The minimum absolute atomic E-state index is 0.0401. The third kappa shape index (κ3) is 4.06. The molecule has 1 spiro atoms. The molecule has 0 aliphatic carbocycles. The fourth-order valence-corrected chi connectivity index (χ4v) is 4.09. The quantitative estimate of drug-likeness (QED) is 0.731. The van der Waals surface area contributed by atoms with Crippen molar-refractivity contribution in [3.8, 4) is 0 Å². The third-order valence-electron chi connectivity index (χ3n) is 5.62. The van der Waals surface area contributed by atoms with Crippen molar-refractivity contribution in [3.63, 3.8) is 0 Å². The summed E-state index contributed by atoms with van der Waals surface area (Å²) in [4.78, 5) is 18.4. The van der Waals surface area contributed by atoms with Crippen LogP contribution in [0.15, 0.2) is 41.3 Å². The topological polar surface area (TPSA) is 64.8 Å². The zero-order valence-corrected chi connectivity index (χ0v) is 15.7. The summed E-state index contributed by atoms with van der Waals surface area (Å²) in [6.45, 7) is 5.31. The van der Waals surface area contributed by atoms with E-state index in [-0.39, 0.29) is 11.5 Å². The molecule has 0 unspecified atom stereocenters. The van der Waals surface area contributed by atoms with Gasteiger partial charge in [-0.3, -0.25) is 9.78 Å². The lowest BCUT2D eigenvalue weighted by Crippen LogP contribution is -2.66. The highest BCUT2D eigenvalue weighted by molar-refractivity contribution is 5.95. The highest BCUT2D eigenvalue weighted by Gasteiger charge is 2.49. The Morgan fingerprint density at radius 3 is 2.89 bits per heavy atom. The first kappa shape index (κ1) is 18.2. The number of aromatic nitrogens is 1. The Bertz CT molecular complexity index is 767. The summed E-state index contributed by atoms with van der Waals surface area (Å²) in [5.41, 5.74) is 1.64. The second-order valence-electron chi connectivity index (χ2n) is 7.64. The number of ether oxygens (including phenoxy) is 2. The first-order valence-electron chi connectivity index (χ1n) is 9.59. The Hall–Kier alpha value is -2.18. The van der Waals surface area contributed by atoms with Crippen LogP contribution in [0.25, 0.3) is 0 Å². The number of hydrogen-bond donors (Lipinski definition) is 0. The molecule has 0 aromatic carbocycles. The Labute approximate surface area is 159 Å². The van der Waals surface area contributed by atoms with E-state index in [0.717, 1.165) is 38.0 Å². The first-order valence-corrected chi connectivity index (χ1v) is 9.59. The number of rotatable bonds is 6. The lowest BCUT2D eigenvalue weighted by Gasteiger charge is -2.53. The number of hydrogen-bond acceptors (Lipinski definition) is 5. The predicted octanol–water partition coefficient (Wildman–Crippen LogP) is 3.21. The van der Waals surface area contributed by atoms with Crippen LogP contribution in [0, 0.1) is 12.8 Å². The van der Waals surface area contributed by atoms with Crippen molar-refractivity contribution in [3.05, 3.63) is 53.7 Å². The van der Waals surface area contributed by atoms with Crippen LogP contribution < -0.4 is 0 Å². The number of carbonyl (C=O) groups is 1. The second kappa shape index (κ2) is 7.82. The van der Waals surface area contributed by atoms with E-state index in [1.807, 2.05) is 24.0 Å². The molecule has 0 radical (unpaired) electrons. The van der Waals surface area contributed by atoms with Gasteiger partial charge in [-0.25, -0.2) is 0 Å². The molecule has 2 aromatic rings. The van der Waals surface area contributed by atoms with Crippen LogP contribution in [0.4, 0.5) is 0 Å². The molecular weight excluding hydrogens is 344 g/mol. The monoisotopic (exact) mass is 370 g/mol. The van der Waals surface area contributed by atoms with Gasteiger partial charge < -0.3 is 18.8 Å². The Morgan fingerprint density at radius 1 is 1.33 bits per heavy atom. The molecule has 2 aromatic heterocycles. The molecular formula is C21H26N2O4. The van der Waals surface area contributed by atoms with Crippen molar-refractivity contribution in [1.29, 1.82) is 0 Å². The summed E-state index contributed by atoms with van der Waals surface area (Å²) in [7, 11) is 0. The maximum Gasteiger partial charge on any atom is 0.257 e. The van der Waals surface area contributed by atoms with Crippen LogP contribution in [0.1, 0.15) is 40.9 Å². The Kier molecular flexibility index (Phi) is 5.27. The summed E-state index contributed by atoms with van der Waals surface area (Å²) >= 11 is 0. The molecule has 0 saturated carbocycles. The van der Waals surface area contributed by atoms with Gasteiger partial charge in [0.25, 0.3) is 5.91 Å². The van der Waals surface area contributed by atoms with Gasteiger partial charge in [-0.1, -0.05) is 0 Å². The van der Waals surface area contributed by atoms with Crippen LogP contribution in [-0.4, -0.2) is 47.7 Å². The fourth-order valence-electron chi connectivity index (χ4n) is 4.09. The Morgan fingerprint density at radius 2 is 2.15 bits per heavy atom. The number of likely N-dealkylation sites (tertiary alicyclic amines) is 1. The molecule has 4 heterocycles. The number of aryl methyl sites for hydroxylation is 1. The molecule has 2 saturated heterocycles. The van der Waals surface area contributed by atoms with E-state index in [1.165, 1.54) is 0 Å². The maximum atomic E-state index is 12.5. The molecule has 0 N–H and O–H groups in total.